The van der Waals surface area contributed by atoms with Gasteiger partial charge < -0.3 is 10.5 Å². The first kappa shape index (κ1) is 11.2. The number of pyridine rings is 1. The van der Waals surface area contributed by atoms with Gasteiger partial charge in [0.05, 0.1) is 4.34 Å². The summed E-state index contributed by atoms with van der Waals surface area (Å²) in [4.78, 5) is 5.18. The van der Waals surface area contributed by atoms with Crippen LogP contribution in [0.1, 0.15) is 10.6 Å². The standard InChI is InChI=1S/C11H11ClN2OS/c1-7-2-4-9(11(13)14-7)15-6-8-3-5-10(12)16-8/h2-5H,6H2,1H3,(H2,13,14). The van der Waals surface area contributed by atoms with E-state index < -0.39 is 0 Å². The molecular formula is C11H11ClN2OS. The van der Waals surface area contributed by atoms with Gasteiger partial charge in [0.15, 0.2) is 11.6 Å². The third kappa shape index (κ3) is 2.65. The molecule has 2 aromatic rings. The Morgan fingerprint density at radius 2 is 2.19 bits per heavy atom. The van der Waals surface area contributed by atoms with E-state index >= 15 is 0 Å². The van der Waals surface area contributed by atoms with Crippen molar-refractivity contribution in [2.24, 2.45) is 0 Å². The Bertz CT molecular complexity index is 498. The van der Waals surface area contributed by atoms with Gasteiger partial charge in [-0.05, 0) is 31.2 Å². The normalized spacial score (nSPS) is 10.4. The summed E-state index contributed by atoms with van der Waals surface area (Å²) < 4.78 is 6.31. The molecule has 0 atom stereocenters. The number of ether oxygens (including phenoxy) is 1. The first-order valence-electron chi connectivity index (χ1n) is 4.75. The van der Waals surface area contributed by atoms with E-state index in [2.05, 4.69) is 4.98 Å². The molecule has 2 aromatic heterocycles. The molecule has 0 aliphatic carbocycles. The molecule has 2 rings (SSSR count). The topological polar surface area (TPSA) is 48.1 Å². The van der Waals surface area contributed by atoms with Gasteiger partial charge in [0.1, 0.15) is 6.61 Å². The van der Waals surface area contributed by atoms with E-state index in [0.717, 1.165) is 14.9 Å². The molecule has 0 radical (unpaired) electrons. The smallest absolute Gasteiger partial charge is 0.166 e. The zero-order valence-corrected chi connectivity index (χ0v) is 10.3. The summed E-state index contributed by atoms with van der Waals surface area (Å²) >= 11 is 7.32. The highest BCUT2D eigenvalue weighted by Gasteiger charge is 2.03. The molecular weight excluding hydrogens is 244 g/mol. The van der Waals surface area contributed by atoms with Gasteiger partial charge in [-0.2, -0.15) is 0 Å². The fourth-order valence-corrected chi connectivity index (χ4v) is 2.27. The molecule has 0 saturated heterocycles. The molecule has 0 bridgehead atoms. The van der Waals surface area contributed by atoms with Crippen LogP contribution in [0.4, 0.5) is 5.82 Å². The van der Waals surface area contributed by atoms with Gasteiger partial charge >= 0.3 is 0 Å². The molecule has 2 N–H and O–H groups in total. The Hall–Kier alpha value is -1.26. The van der Waals surface area contributed by atoms with E-state index in [1.807, 2.05) is 31.2 Å². The summed E-state index contributed by atoms with van der Waals surface area (Å²) in [7, 11) is 0. The van der Waals surface area contributed by atoms with Gasteiger partial charge in [0.2, 0.25) is 0 Å². The van der Waals surface area contributed by atoms with Crippen molar-refractivity contribution in [3.63, 3.8) is 0 Å². The predicted octanol–water partition coefficient (Wildman–Crippen LogP) is 3.27. The van der Waals surface area contributed by atoms with Crippen molar-refractivity contribution >= 4 is 28.8 Å². The Balaban J connectivity index is 2.04. The molecule has 0 aliphatic rings. The highest BCUT2D eigenvalue weighted by molar-refractivity contribution is 7.16. The molecule has 0 saturated carbocycles. The Morgan fingerprint density at radius 3 is 2.81 bits per heavy atom. The van der Waals surface area contributed by atoms with Crippen LogP contribution in [0, 0.1) is 6.92 Å². The number of hydrogen-bond donors (Lipinski definition) is 1. The average molecular weight is 255 g/mol. The largest absolute Gasteiger partial charge is 0.484 e. The fraction of sp³-hybridized carbons (Fsp3) is 0.182. The second kappa shape index (κ2) is 4.72. The second-order valence-corrected chi connectivity index (χ2v) is 5.13. The van der Waals surface area contributed by atoms with E-state index in [1.165, 1.54) is 11.3 Å². The number of rotatable bonds is 3. The lowest BCUT2D eigenvalue weighted by molar-refractivity contribution is 0.310. The van der Waals surface area contributed by atoms with Crippen molar-refractivity contribution in [3.05, 3.63) is 39.2 Å². The van der Waals surface area contributed by atoms with Gasteiger partial charge in [-0.1, -0.05) is 11.6 Å². The number of nitrogens with two attached hydrogens (primary N) is 1. The van der Waals surface area contributed by atoms with Crippen molar-refractivity contribution in [2.45, 2.75) is 13.5 Å². The van der Waals surface area contributed by atoms with E-state index in [4.69, 9.17) is 22.1 Å². The minimum absolute atomic E-state index is 0.419. The lowest BCUT2D eigenvalue weighted by Crippen LogP contribution is -2.00. The fourth-order valence-electron chi connectivity index (χ4n) is 1.26. The quantitative estimate of drug-likeness (QED) is 0.915. The Morgan fingerprint density at radius 1 is 1.38 bits per heavy atom. The molecule has 0 unspecified atom stereocenters. The number of anilines is 1. The van der Waals surface area contributed by atoms with E-state index in [0.29, 0.717) is 18.2 Å². The van der Waals surface area contributed by atoms with Gasteiger partial charge in [-0.25, -0.2) is 4.98 Å². The summed E-state index contributed by atoms with van der Waals surface area (Å²) in [6.45, 7) is 2.35. The third-order valence-electron chi connectivity index (χ3n) is 2.02. The molecule has 3 nitrogen and oxygen atoms in total. The lowest BCUT2D eigenvalue weighted by Gasteiger charge is -2.07. The lowest BCUT2D eigenvalue weighted by atomic mass is 10.3. The van der Waals surface area contributed by atoms with Gasteiger partial charge in [0, 0.05) is 10.6 Å². The molecule has 0 spiro atoms. The number of halogens is 1. The first-order valence-corrected chi connectivity index (χ1v) is 5.95. The number of hydrogen-bond acceptors (Lipinski definition) is 4. The molecule has 16 heavy (non-hydrogen) atoms. The van der Waals surface area contributed by atoms with Crippen LogP contribution in [0.5, 0.6) is 5.75 Å². The number of aromatic nitrogens is 1. The zero-order valence-electron chi connectivity index (χ0n) is 8.74. The van der Waals surface area contributed by atoms with Crippen LogP contribution in [0.15, 0.2) is 24.3 Å². The molecule has 2 heterocycles. The maximum atomic E-state index is 5.82. The molecule has 0 aromatic carbocycles. The Kier molecular flexibility index (Phi) is 3.31. The minimum atomic E-state index is 0.419. The van der Waals surface area contributed by atoms with Crippen molar-refractivity contribution in [3.8, 4) is 5.75 Å². The number of thiophene rings is 1. The molecule has 0 aliphatic heterocycles. The van der Waals surface area contributed by atoms with Gasteiger partial charge in [-0.15, -0.1) is 11.3 Å². The summed E-state index contributed by atoms with van der Waals surface area (Å²) in [5.74, 6) is 1.03. The monoisotopic (exact) mass is 254 g/mol. The molecule has 0 amide bonds. The van der Waals surface area contributed by atoms with Crippen molar-refractivity contribution in [2.75, 3.05) is 5.73 Å². The Labute approximate surface area is 103 Å². The maximum absolute atomic E-state index is 5.82. The first-order chi connectivity index (χ1) is 7.65. The predicted molar refractivity (Wildman–Crippen MR) is 67.0 cm³/mol. The number of nitrogen functional groups attached to an aromatic ring is 1. The average Bonchev–Trinajstić information content (AvgIpc) is 2.63. The van der Waals surface area contributed by atoms with Crippen LogP contribution in [-0.4, -0.2) is 4.98 Å². The highest BCUT2D eigenvalue weighted by atomic mass is 35.5. The van der Waals surface area contributed by atoms with Crippen molar-refractivity contribution in [1.29, 1.82) is 0 Å². The molecule has 5 heteroatoms. The van der Waals surface area contributed by atoms with E-state index in [1.54, 1.807) is 0 Å². The maximum Gasteiger partial charge on any atom is 0.166 e. The van der Waals surface area contributed by atoms with Crippen LogP contribution in [0.25, 0.3) is 0 Å². The molecule has 84 valence electrons. The number of aryl methyl sites for hydroxylation is 1. The van der Waals surface area contributed by atoms with Crippen LogP contribution in [-0.2, 0) is 6.61 Å². The van der Waals surface area contributed by atoms with Gasteiger partial charge in [-0.3, -0.25) is 0 Å². The van der Waals surface area contributed by atoms with E-state index in [-0.39, 0.29) is 0 Å². The van der Waals surface area contributed by atoms with Crippen LogP contribution in [0.3, 0.4) is 0 Å². The zero-order chi connectivity index (χ0) is 11.5. The summed E-state index contributed by atoms with van der Waals surface area (Å²) in [5, 5.41) is 0. The second-order valence-electron chi connectivity index (χ2n) is 3.33. The number of nitrogens with zero attached hydrogens (tertiary/aromatic N) is 1. The summed E-state index contributed by atoms with van der Waals surface area (Å²) in [5.41, 5.74) is 6.61. The summed E-state index contributed by atoms with van der Waals surface area (Å²) in [6.07, 6.45) is 0. The van der Waals surface area contributed by atoms with Gasteiger partial charge in [0.25, 0.3) is 0 Å². The van der Waals surface area contributed by atoms with Crippen LogP contribution in [0.2, 0.25) is 4.34 Å². The minimum Gasteiger partial charge on any atom is -0.484 e. The van der Waals surface area contributed by atoms with E-state index in [9.17, 15) is 0 Å². The molecule has 0 fully saturated rings. The highest BCUT2D eigenvalue weighted by Crippen LogP contribution is 2.24. The van der Waals surface area contributed by atoms with Crippen molar-refractivity contribution in [1.82, 2.24) is 4.98 Å². The van der Waals surface area contributed by atoms with Crippen molar-refractivity contribution < 1.29 is 4.74 Å². The SMILES string of the molecule is Cc1ccc(OCc2ccc(Cl)s2)c(N)n1. The van der Waals surface area contributed by atoms with Crippen LogP contribution >= 0.6 is 22.9 Å². The third-order valence-corrected chi connectivity index (χ3v) is 3.23. The van der Waals surface area contributed by atoms with Crippen LogP contribution < -0.4 is 10.5 Å². The summed E-state index contributed by atoms with van der Waals surface area (Å²) in [6, 6.07) is 7.48.